The predicted octanol–water partition coefficient (Wildman–Crippen LogP) is 3.41. The van der Waals surface area contributed by atoms with E-state index in [2.05, 4.69) is 4.74 Å². The quantitative estimate of drug-likeness (QED) is 0.688. The molecule has 0 aromatic rings. The first-order valence-corrected chi connectivity index (χ1v) is 5.49. The molecular weight excluding hydrogens is 221 g/mol. The molecule has 2 atom stereocenters. The van der Waals surface area contributed by atoms with Crippen LogP contribution in [0.2, 0.25) is 0 Å². The third kappa shape index (κ3) is 4.02. The van der Waals surface area contributed by atoms with Crippen molar-refractivity contribution < 1.29 is 22.7 Å². The number of esters is 1. The molecule has 5 heteroatoms. The topological polar surface area (TPSA) is 26.3 Å². The van der Waals surface area contributed by atoms with Gasteiger partial charge in [-0.25, -0.2) is 0 Å². The Balaban J connectivity index is 4.93. The van der Waals surface area contributed by atoms with Crippen molar-refractivity contribution in [3.8, 4) is 0 Å². The molecular formula is C11H19F3O2. The molecule has 0 rings (SSSR count). The van der Waals surface area contributed by atoms with E-state index in [0.717, 1.165) is 0 Å². The second-order valence-corrected chi connectivity index (χ2v) is 4.08. The monoisotopic (exact) mass is 240 g/mol. The van der Waals surface area contributed by atoms with Crippen LogP contribution in [0.3, 0.4) is 0 Å². The van der Waals surface area contributed by atoms with Crippen LogP contribution in [0.25, 0.3) is 0 Å². The SMILES string of the molecule is CCOC(=O)[C@H](CC)[C@@H](C(C)C)C(F)(F)F. The van der Waals surface area contributed by atoms with Gasteiger partial charge in [-0.2, -0.15) is 13.2 Å². The third-order valence-electron chi connectivity index (χ3n) is 2.56. The van der Waals surface area contributed by atoms with Gasteiger partial charge in [-0.3, -0.25) is 4.79 Å². The van der Waals surface area contributed by atoms with Crippen molar-refractivity contribution >= 4 is 5.97 Å². The summed E-state index contributed by atoms with van der Waals surface area (Å²) in [6, 6.07) is 0. The maximum Gasteiger partial charge on any atom is 0.392 e. The average Bonchev–Trinajstić information content (AvgIpc) is 2.11. The molecule has 0 saturated carbocycles. The Morgan fingerprint density at radius 1 is 1.25 bits per heavy atom. The second-order valence-electron chi connectivity index (χ2n) is 4.08. The zero-order valence-electron chi connectivity index (χ0n) is 10.1. The van der Waals surface area contributed by atoms with E-state index in [9.17, 15) is 18.0 Å². The molecule has 0 N–H and O–H groups in total. The summed E-state index contributed by atoms with van der Waals surface area (Å²) in [5.41, 5.74) is 0. The van der Waals surface area contributed by atoms with Crippen LogP contribution in [-0.2, 0) is 9.53 Å². The highest BCUT2D eigenvalue weighted by Gasteiger charge is 2.48. The zero-order chi connectivity index (χ0) is 12.9. The number of carbonyl (C=O) groups excluding carboxylic acids is 1. The molecule has 0 spiro atoms. The fourth-order valence-electron chi connectivity index (χ4n) is 1.89. The predicted molar refractivity (Wildman–Crippen MR) is 54.8 cm³/mol. The summed E-state index contributed by atoms with van der Waals surface area (Å²) in [5.74, 6) is -4.10. The lowest BCUT2D eigenvalue weighted by Gasteiger charge is -2.29. The van der Waals surface area contributed by atoms with Crippen LogP contribution < -0.4 is 0 Å². The first kappa shape index (κ1) is 15.3. The molecule has 0 radical (unpaired) electrons. The van der Waals surface area contributed by atoms with E-state index in [1.165, 1.54) is 13.8 Å². The largest absolute Gasteiger partial charge is 0.466 e. The van der Waals surface area contributed by atoms with Crippen LogP contribution in [0.1, 0.15) is 34.1 Å². The van der Waals surface area contributed by atoms with Gasteiger partial charge in [-0.1, -0.05) is 20.8 Å². The molecule has 0 unspecified atom stereocenters. The minimum Gasteiger partial charge on any atom is -0.466 e. The first-order valence-electron chi connectivity index (χ1n) is 5.49. The number of ether oxygens (including phenoxy) is 1. The Kier molecular flexibility index (Phi) is 5.83. The van der Waals surface area contributed by atoms with Gasteiger partial charge in [-0.05, 0) is 19.3 Å². The van der Waals surface area contributed by atoms with Crippen molar-refractivity contribution in [3.63, 3.8) is 0 Å². The van der Waals surface area contributed by atoms with Gasteiger partial charge in [-0.15, -0.1) is 0 Å². The summed E-state index contributed by atoms with van der Waals surface area (Å²) < 4.78 is 43.1. The number of carbonyl (C=O) groups is 1. The lowest BCUT2D eigenvalue weighted by Crippen LogP contribution is -2.39. The van der Waals surface area contributed by atoms with Crippen LogP contribution in [0.5, 0.6) is 0 Å². The number of hydrogen-bond acceptors (Lipinski definition) is 2. The summed E-state index contributed by atoms with van der Waals surface area (Å²) in [4.78, 5) is 11.4. The molecule has 0 bridgehead atoms. The summed E-state index contributed by atoms with van der Waals surface area (Å²) in [5, 5.41) is 0. The van der Waals surface area contributed by atoms with Crippen molar-refractivity contribution in [1.82, 2.24) is 0 Å². The van der Waals surface area contributed by atoms with Crippen molar-refractivity contribution in [1.29, 1.82) is 0 Å². The summed E-state index contributed by atoms with van der Waals surface area (Å²) >= 11 is 0. The lowest BCUT2D eigenvalue weighted by atomic mass is 9.81. The van der Waals surface area contributed by atoms with Gasteiger partial charge in [0.15, 0.2) is 0 Å². The van der Waals surface area contributed by atoms with Crippen molar-refractivity contribution in [2.24, 2.45) is 17.8 Å². The fourth-order valence-corrected chi connectivity index (χ4v) is 1.89. The number of alkyl halides is 3. The Morgan fingerprint density at radius 3 is 2.00 bits per heavy atom. The van der Waals surface area contributed by atoms with Gasteiger partial charge in [0.2, 0.25) is 0 Å². The average molecular weight is 240 g/mol. The highest BCUT2D eigenvalue weighted by Crippen LogP contribution is 2.39. The number of hydrogen-bond donors (Lipinski definition) is 0. The molecule has 0 aromatic carbocycles. The summed E-state index contributed by atoms with van der Waals surface area (Å²) in [6.45, 7) is 6.21. The van der Waals surface area contributed by atoms with Crippen molar-refractivity contribution in [3.05, 3.63) is 0 Å². The number of rotatable bonds is 5. The smallest absolute Gasteiger partial charge is 0.392 e. The van der Waals surface area contributed by atoms with E-state index >= 15 is 0 Å². The van der Waals surface area contributed by atoms with Crippen LogP contribution in [0.15, 0.2) is 0 Å². The van der Waals surface area contributed by atoms with Gasteiger partial charge < -0.3 is 4.74 Å². The first-order chi connectivity index (χ1) is 7.25. The van der Waals surface area contributed by atoms with Crippen molar-refractivity contribution in [2.75, 3.05) is 6.61 Å². The van der Waals surface area contributed by atoms with Crippen molar-refractivity contribution in [2.45, 2.75) is 40.3 Å². The molecule has 16 heavy (non-hydrogen) atoms. The van der Waals surface area contributed by atoms with E-state index in [4.69, 9.17) is 0 Å². The molecule has 2 nitrogen and oxygen atoms in total. The normalized spacial score (nSPS) is 16.0. The van der Waals surface area contributed by atoms with E-state index in [-0.39, 0.29) is 13.0 Å². The minimum absolute atomic E-state index is 0.109. The molecule has 0 aromatic heterocycles. The molecule has 0 heterocycles. The molecule has 96 valence electrons. The van der Waals surface area contributed by atoms with E-state index in [1.807, 2.05) is 0 Å². The zero-order valence-corrected chi connectivity index (χ0v) is 10.1. The van der Waals surface area contributed by atoms with Crippen LogP contribution >= 0.6 is 0 Å². The number of halogens is 3. The Morgan fingerprint density at radius 2 is 1.75 bits per heavy atom. The summed E-state index contributed by atoms with van der Waals surface area (Å²) in [7, 11) is 0. The second kappa shape index (κ2) is 6.11. The van der Waals surface area contributed by atoms with Gasteiger partial charge >= 0.3 is 12.1 Å². The van der Waals surface area contributed by atoms with Gasteiger partial charge in [0, 0.05) is 0 Å². The standard InChI is InChI=1S/C11H19F3O2/c1-5-8(10(15)16-6-2)9(7(3)4)11(12,13)14/h7-9H,5-6H2,1-4H3/t8-,9-/m1/s1. The maximum atomic E-state index is 12.8. The fraction of sp³-hybridized carbons (Fsp3) is 0.909. The van der Waals surface area contributed by atoms with Crippen LogP contribution in [-0.4, -0.2) is 18.8 Å². The minimum atomic E-state index is -4.36. The molecule has 0 saturated heterocycles. The Labute approximate surface area is 94.2 Å². The molecule has 0 aliphatic carbocycles. The molecule has 0 aliphatic heterocycles. The van der Waals surface area contributed by atoms with Gasteiger partial charge in [0.05, 0.1) is 18.4 Å². The maximum absolute atomic E-state index is 12.8. The van der Waals surface area contributed by atoms with E-state index < -0.39 is 29.9 Å². The third-order valence-corrected chi connectivity index (χ3v) is 2.56. The van der Waals surface area contributed by atoms with Crippen LogP contribution in [0.4, 0.5) is 13.2 Å². The molecule has 0 amide bonds. The lowest BCUT2D eigenvalue weighted by molar-refractivity contribution is -0.209. The highest BCUT2D eigenvalue weighted by molar-refractivity contribution is 5.72. The van der Waals surface area contributed by atoms with E-state index in [0.29, 0.717) is 0 Å². The van der Waals surface area contributed by atoms with Gasteiger partial charge in [0.1, 0.15) is 0 Å². The Bertz CT molecular complexity index is 224. The van der Waals surface area contributed by atoms with Crippen LogP contribution in [0, 0.1) is 17.8 Å². The molecule has 0 aliphatic rings. The molecule has 0 fully saturated rings. The highest BCUT2D eigenvalue weighted by atomic mass is 19.4. The summed E-state index contributed by atoms with van der Waals surface area (Å²) in [6.07, 6.45) is -4.22. The van der Waals surface area contributed by atoms with E-state index in [1.54, 1.807) is 13.8 Å². The Hall–Kier alpha value is -0.740. The van der Waals surface area contributed by atoms with Gasteiger partial charge in [0.25, 0.3) is 0 Å².